The Labute approximate surface area is 99.7 Å². The van der Waals surface area contributed by atoms with Crippen molar-refractivity contribution in [3.05, 3.63) is 0 Å². The molecule has 0 aliphatic carbocycles. The van der Waals surface area contributed by atoms with Crippen LogP contribution in [0.5, 0.6) is 0 Å². The van der Waals surface area contributed by atoms with Gasteiger partial charge in [0.25, 0.3) is 0 Å². The molecule has 0 aliphatic heterocycles. The van der Waals surface area contributed by atoms with E-state index >= 15 is 0 Å². The minimum Gasteiger partial charge on any atom is -0.395 e. The van der Waals surface area contributed by atoms with Gasteiger partial charge < -0.3 is 5.11 Å². The highest BCUT2D eigenvalue weighted by atomic mass is 32.2. The molecule has 0 heterocycles. The molecule has 0 unspecified atom stereocenters. The first-order valence-corrected chi connectivity index (χ1v) is 7.42. The van der Waals surface area contributed by atoms with Gasteiger partial charge in [-0.25, -0.2) is 8.42 Å². The van der Waals surface area contributed by atoms with Crippen LogP contribution in [0.15, 0.2) is 0 Å². The standard InChI is InChI=1S/C11H25NO3S/c1-5-7-12(8-9-13)16(14,15)10-6-11(2,3)4/h13H,5-10H2,1-4H3. The van der Waals surface area contributed by atoms with Crippen LogP contribution in [0, 0.1) is 5.41 Å². The Bertz CT molecular complexity index is 274. The summed E-state index contributed by atoms with van der Waals surface area (Å²) < 4.78 is 25.3. The monoisotopic (exact) mass is 251 g/mol. The summed E-state index contributed by atoms with van der Waals surface area (Å²) in [7, 11) is -3.21. The fraction of sp³-hybridized carbons (Fsp3) is 1.00. The molecule has 0 aromatic rings. The van der Waals surface area contributed by atoms with Gasteiger partial charge in [0.05, 0.1) is 12.4 Å². The molecule has 16 heavy (non-hydrogen) atoms. The first-order chi connectivity index (χ1) is 7.23. The van der Waals surface area contributed by atoms with Gasteiger partial charge in [-0.2, -0.15) is 4.31 Å². The molecule has 0 amide bonds. The van der Waals surface area contributed by atoms with Crippen LogP contribution in [0.3, 0.4) is 0 Å². The van der Waals surface area contributed by atoms with Gasteiger partial charge in [-0.05, 0) is 18.3 Å². The molecule has 0 saturated heterocycles. The van der Waals surface area contributed by atoms with Crippen molar-refractivity contribution in [2.75, 3.05) is 25.4 Å². The third-order valence-corrected chi connectivity index (χ3v) is 4.20. The molecule has 0 aromatic heterocycles. The van der Waals surface area contributed by atoms with Gasteiger partial charge >= 0.3 is 0 Å². The number of aliphatic hydroxyl groups excluding tert-OH is 1. The van der Waals surface area contributed by atoms with Crippen LogP contribution in [0.1, 0.15) is 40.5 Å². The Morgan fingerprint density at radius 1 is 1.19 bits per heavy atom. The van der Waals surface area contributed by atoms with E-state index in [1.165, 1.54) is 4.31 Å². The molecule has 0 spiro atoms. The summed E-state index contributed by atoms with van der Waals surface area (Å²) in [5.74, 6) is 0.163. The zero-order chi connectivity index (χ0) is 12.8. The molecule has 0 atom stereocenters. The van der Waals surface area contributed by atoms with Gasteiger partial charge in [0.15, 0.2) is 0 Å². The van der Waals surface area contributed by atoms with Crippen LogP contribution in [0.25, 0.3) is 0 Å². The van der Waals surface area contributed by atoms with Gasteiger partial charge in [-0.15, -0.1) is 0 Å². The van der Waals surface area contributed by atoms with Crippen molar-refractivity contribution in [1.82, 2.24) is 4.31 Å². The van der Waals surface area contributed by atoms with Gasteiger partial charge in [0.1, 0.15) is 0 Å². The molecule has 0 saturated carbocycles. The fourth-order valence-corrected chi connectivity index (χ4v) is 3.26. The highest BCUT2D eigenvalue weighted by Crippen LogP contribution is 2.20. The second kappa shape index (κ2) is 6.57. The summed E-state index contributed by atoms with van der Waals surface area (Å²) in [6.07, 6.45) is 1.41. The lowest BCUT2D eigenvalue weighted by Gasteiger charge is -2.23. The van der Waals surface area contributed by atoms with E-state index in [1.54, 1.807) is 0 Å². The van der Waals surface area contributed by atoms with Crippen LogP contribution in [-0.4, -0.2) is 43.3 Å². The maximum Gasteiger partial charge on any atom is 0.214 e. The van der Waals surface area contributed by atoms with Crippen molar-refractivity contribution in [2.45, 2.75) is 40.5 Å². The van der Waals surface area contributed by atoms with E-state index < -0.39 is 10.0 Å². The zero-order valence-electron chi connectivity index (χ0n) is 10.9. The first kappa shape index (κ1) is 15.9. The largest absolute Gasteiger partial charge is 0.395 e. The number of rotatable bonds is 7. The van der Waals surface area contributed by atoms with E-state index in [0.29, 0.717) is 13.0 Å². The third-order valence-electron chi connectivity index (χ3n) is 2.33. The summed E-state index contributed by atoms with van der Waals surface area (Å²) in [5, 5.41) is 8.85. The summed E-state index contributed by atoms with van der Waals surface area (Å²) in [6.45, 7) is 8.60. The maximum atomic E-state index is 12.0. The Balaban J connectivity index is 4.47. The lowest BCUT2D eigenvalue weighted by Crippen LogP contribution is -2.36. The van der Waals surface area contributed by atoms with E-state index in [-0.39, 0.29) is 24.3 Å². The van der Waals surface area contributed by atoms with Crippen molar-refractivity contribution in [1.29, 1.82) is 0 Å². The second-order valence-corrected chi connectivity index (χ2v) is 7.34. The molecule has 0 bridgehead atoms. The van der Waals surface area contributed by atoms with Gasteiger partial charge in [0, 0.05) is 13.1 Å². The lowest BCUT2D eigenvalue weighted by atomic mass is 9.94. The van der Waals surface area contributed by atoms with E-state index in [9.17, 15) is 8.42 Å². The van der Waals surface area contributed by atoms with Crippen molar-refractivity contribution in [2.24, 2.45) is 5.41 Å². The molecule has 0 fully saturated rings. The third kappa shape index (κ3) is 6.45. The van der Waals surface area contributed by atoms with Crippen LogP contribution < -0.4 is 0 Å². The van der Waals surface area contributed by atoms with Gasteiger partial charge in [-0.3, -0.25) is 0 Å². The average molecular weight is 251 g/mol. The van der Waals surface area contributed by atoms with E-state index in [0.717, 1.165) is 6.42 Å². The highest BCUT2D eigenvalue weighted by Gasteiger charge is 2.23. The Kier molecular flexibility index (Phi) is 6.51. The molecule has 1 N–H and O–H groups in total. The molecule has 5 heteroatoms. The number of sulfonamides is 1. The Hall–Kier alpha value is -0.130. The second-order valence-electron chi connectivity index (χ2n) is 5.25. The van der Waals surface area contributed by atoms with Crippen LogP contribution in [0.2, 0.25) is 0 Å². The molecule has 4 nitrogen and oxygen atoms in total. The van der Waals surface area contributed by atoms with Gasteiger partial charge in [-0.1, -0.05) is 27.7 Å². The fourth-order valence-electron chi connectivity index (χ4n) is 1.32. The van der Waals surface area contributed by atoms with Crippen LogP contribution >= 0.6 is 0 Å². The summed E-state index contributed by atoms with van der Waals surface area (Å²) >= 11 is 0. The highest BCUT2D eigenvalue weighted by molar-refractivity contribution is 7.89. The molecule has 0 rings (SSSR count). The van der Waals surface area contributed by atoms with E-state index in [1.807, 2.05) is 27.7 Å². The van der Waals surface area contributed by atoms with Crippen molar-refractivity contribution in [3.8, 4) is 0 Å². The molecule has 0 radical (unpaired) electrons. The van der Waals surface area contributed by atoms with E-state index in [2.05, 4.69) is 0 Å². The Morgan fingerprint density at radius 2 is 1.75 bits per heavy atom. The van der Waals surface area contributed by atoms with Crippen molar-refractivity contribution in [3.63, 3.8) is 0 Å². The molecular formula is C11H25NO3S. The maximum absolute atomic E-state index is 12.0. The number of aliphatic hydroxyl groups is 1. The molecule has 0 aromatic carbocycles. The normalized spacial score (nSPS) is 13.4. The number of nitrogens with zero attached hydrogens (tertiary/aromatic N) is 1. The topological polar surface area (TPSA) is 57.6 Å². The Morgan fingerprint density at radius 3 is 2.12 bits per heavy atom. The van der Waals surface area contributed by atoms with Crippen LogP contribution in [-0.2, 0) is 10.0 Å². The van der Waals surface area contributed by atoms with Gasteiger partial charge in [0.2, 0.25) is 10.0 Å². The smallest absolute Gasteiger partial charge is 0.214 e. The summed E-state index contributed by atoms with van der Waals surface area (Å²) in [4.78, 5) is 0. The predicted octanol–water partition coefficient (Wildman–Crippen LogP) is 1.46. The predicted molar refractivity (Wildman–Crippen MR) is 66.8 cm³/mol. The lowest BCUT2D eigenvalue weighted by molar-refractivity contribution is 0.253. The van der Waals surface area contributed by atoms with Crippen LogP contribution in [0.4, 0.5) is 0 Å². The summed E-state index contributed by atoms with van der Waals surface area (Å²) in [5.41, 5.74) is 0.0180. The first-order valence-electron chi connectivity index (χ1n) is 5.81. The molecule has 98 valence electrons. The van der Waals surface area contributed by atoms with Crippen molar-refractivity contribution >= 4 is 10.0 Å². The number of hydrogen-bond acceptors (Lipinski definition) is 3. The number of hydrogen-bond donors (Lipinski definition) is 1. The minimum atomic E-state index is -3.21. The van der Waals surface area contributed by atoms with E-state index in [4.69, 9.17) is 5.11 Å². The molecule has 0 aliphatic rings. The average Bonchev–Trinajstić information content (AvgIpc) is 2.14. The SMILES string of the molecule is CCCN(CCO)S(=O)(=O)CCC(C)(C)C. The minimum absolute atomic E-state index is 0.0180. The zero-order valence-corrected chi connectivity index (χ0v) is 11.7. The van der Waals surface area contributed by atoms with Crippen molar-refractivity contribution < 1.29 is 13.5 Å². The molecular weight excluding hydrogens is 226 g/mol. The quantitative estimate of drug-likeness (QED) is 0.745. The summed E-state index contributed by atoms with van der Waals surface area (Å²) in [6, 6.07) is 0.